The zero-order chi connectivity index (χ0) is 23.5. The minimum Gasteiger partial charge on any atom is -0.353 e. The number of rotatable bonds is 8. The molecule has 6 nitrogen and oxygen atoms in total. The van der Waals surface area contributed by atoms with Crippen molar-refractivity contribution in [2.45, 2.75) is 57.9 Å². The first-order valence-electron chi connectivity index (χ1n) is 10.7. The Morgan fingerprint density at radius 2 is 1.94 bits per heavy atom. The second-order valence-corrected chi connectivity index (χ2v) is 8.26. The van der Waals surface area contributed by atoms with Gasteiger partial charge in [0.25, 0.3) is 0 Å². The molecule has 1 N–H and O–H groups in total. The zero-order valence-corrected chi connectivity index (χ0v) is 18.5. The summed E-state index contributed by atoms with van der Waals surface area (Å²) in [6.07, 6.45) is -0.135. The van der Waals surface area contributed by atoms with Crippen molar-refractivity contribution in [1.29, 1.82) is 0 Å². The summed E-state index contributed by atoms with van der Waals surface area (Å²) in [7, 11) is 1.92. The third-order valence-electron chi connectivity index (χ3n) is 5.82. The van der Waals surface area contributed by atoms with E-state index in [9.17, 15) is 22.8 Å². The van der Waals surface area contributed by atoms with E-state index in [4.69, 9.17) is 0 Å². The van der Waals surface area contributed by atoms with Crippen molar-refractivity contribution in [3.63, 3.8) is 0 Å². The van der Waals surface area contributed by atoms with Gasteiger partial charge in [-0.1, -0.05) is 13.0 Å². The molecule has 1 saturated carbocycles. The van der Waals surface area contributed by atoms with Gasteiger partial charge in [-0.2, -0.15) is 13.2 Å². The van der Waals surface area contributed by atoms with E-state index in [1.54, 1.807) is 4.90 Å². The molecule has 1 unspecified atom stereocenters. The van der Waals surface area contributed by atoms with Crippen molar-refractivity contribution < 1.29 is 22.8 Å². The van der Waals surface area contributed by atoms with Gasteiger partial charge in [0, 0.05) is 36.7 Å². The summed E-state index contributed by atoms with van der Waals surface area (Å²) in [5.74, 6) is -0.173. The number of halogens is 3. The molecule has 1 atom stereocenters. The Bertz CT molecular complexity index is 953. The second-order valence-electron chi connectivity index (χ2n) is 8.26. The molecular weight excluding hydrogens is 421 g/mol. The fourth-order valence-electron chi connectivity index (χ4n) is 3.50. The van der Waals surface area contributed by atoms with Crippen molar-refractivity contribution in [1.82, 2.24) is 14.4 Å². The molecule has 0 radical (unpaired) electrons. The number of hydrogen-bond acceptors (Lipinski definition) is 2. The van der Waals surface area contributed by atoms with Crippen LogP contribution in [0.2, 0.25) is 0 Å². The lowest BCUT2D eigenvalue weighted by molar-refractivity contribution is -0.137. The van der Waals surface area contributed by atoms with E-state index in [0.717, 1.165) is 30.7 Å². The summed E-state index contributed by atoms with van der Waals surface area (Å²) in [5.41, 5.74) is 0.186. The molecule has 1 aliphatic carbocycles. The monoisotopic (exact) mass is 450 g/mol. The van der Waals surface area contributed by atoms with Crippen LogP contribution in [0.4, 0.5) is 23.7 Å². The van der Waals surface area contributed by atoms with Crippen LogP contribution in [-0.2, 0) is 24.6 Å². The largest absolute Gasteiger partial charge is 0.416 e. The van der Waals surface area contributed by atoms with Crippen LogP contribution in [0, 0.1) is 0 Å². The van der Waals surface area contributed by atoms with E-state index in [2.05, 4.69) is 5.32 Å². The smallest absolute Gasteiger partial charge is 0.353 e. The number of hydrogen-bond donors (Lipinski definition) is 1. The lowest BCUT2D eigenvalue weighted by Gasteiger charge is -2.31. The SMILES string of the molecule is CCC(C)N(CC(=O)N(Cc1cccn1C)C1CC1)C(=O)Nc1cccc(C(F)(F)F)c1. The average molecular weight is 451 g/mol. The third-order valence-corrected chi connectivity index (χ3v) is 5.82. The molecule has 0 aliphatic heterocycles. The molecule has 0 spiro atoms. The average Bonchev–Trinajstić information content (AvgIpc) is 3.50. The van der Waals surface area contributed by atoms with Gasteiger partial charge >= 0.3 is 12.2 Å². The molecule has 3 rings (SSSR count). The zero-order valence-electron chi connectivity index (χ0n) is 18.5. The number of nitrogens with zero attached hydrogens (tertiary/aromatic N) is 3. The highest BCUT2D eigenvalue weighted by Crippen LogP contribution is 2.31. The van der Waals surface area contributed by atoms with E-state index in [1.807, 2.05) is 43.8 Å². The van der Waals surface area contributed by atoms with E-state index < -0.39 is 17.8 Å². The number of urea groups is 1. The van der Waals surface area contributed by atoms with Crippen LogP contribution in [0.25, 0.3) is 0 Å². The van der Waals surface area contributed by atoms with Crippen molar-refractivity contribution in [3.8, 4) is 0 Å². The Kier molecular flexibility index (Phi) is 7.16. The third kappa shape index (κ3) is 5.83. The lowest BCUT2D eigenvalue weighted by atomic mass is 10.2. The van der Waals surface area contributed by atoms with Crippen LogP contribution in [-0.4, -0.2) is 44.9 Å². The summed E-state index contributed by atoms with van der Waals surface area (Å²) in [5, 5.41) is 2.53. The molecule has 1 aromatic carbocycles. The number of carbonyl (C=O) groups is 2. The summed E-state index contributed by atoms with van der Waals surface area (Å²) >= 11 is 0. The lowest BCUT2D eigenvalue weighted by Crippen LogP contribution is -2.48. The fourth-order valence-corrected chi connectivity index (χ4v) is 3.50. The minimum atomic E-state index is -4.51. The summed E-state index contributed by atoms with van der Waals surface area (Å²) in [6, 6.07) is 7.64. The Morgan fingerprint density at radius 1 is 1.22 bits per heavy atom. The molecule has 0 bridgehead atoms. The molecule has 174 valence electrons. The standard InChI is InChI=1S/C23H29F3N4O2/c1-4-16(2)29(22(32)27-18-8-5-7-17(13-18)23(24,25)26)15-21(31)30(19-10-11-19)14-20-9-6-12-28(20)3/h5-9,12-13,16,19H,4,10-11,14-15H2,1-3H3,(H,27,32). The van der Waals surface area contributed by atoms with E-state index in [0.29, 0.717) is 13.0 Å². The van der Waals surface area contributed by atoms with Crippen LogP contribution in [0.3, 0.4) is 0 Å². The first-order valence-corrected chi connectivity index (χ1v) is 10.7. The molecule has 1 fully saturated rings. The van der Waals surface area contributed by atoms with Crippen LogP contribution < -0.4 is 5.32 Å². The maximum atomic E-state index is 13.2. The molecule has 1 aliphatic rings. The summed E-state index contributed by atoms with van der Waals surface area (Å²) in [4.78, 5) is 29.3. The molecule has 32 heavy (non-hydrogen) atoms. The van der Waals surface area contributed by atoms with Crippen molar-refractivity contribution in [3.05, 3.63) is 53.9 Å². The van der Waals surface area contributed by atoms with E-state index in [1.165, 1.54) is 17.0 Å². The number of aromatic nitrogens is 1. The summed E-state index contributed by atoms with van der Waals surface area (Å²) < 4.78 is 40.9. The quantitative estimate of drug-likeness (QED) is 0.624. The molecule has 0 saturated heterocycles. The number of amides is 3. The van der Waals surface area contributed by atoms with E-state index >= 15 is 0 Å². The van der Waals surface area contributed by atoms with Gasteiger partial charge in [-0.15, -0.1) is 0 Å². The van der Waals surface area contributed by atoms with Crippen molar-refractivity contribution >= 4 is 17.6 Å². The van der Waals surface area contributed by atoms with Crippen molar-refractivity contribution in [2.75, 3.05) is 11.9 Å². The Balaban J connectivity index is 1.73. The van der Waals surface area contributed by atoms with Gasteiger partial charge in [-0.25, -0.2) is 4.79 Å². The first kappa shape index (κ1) is 23.7. The topological polar surface area (TPSA) is 57.6 Å². The molecule has 9 heteroatoms. The Hall–Kier alpha value is -2.97. The number of carbonyl (C=O) groups excluding carboxylic acids is 2. The van der Waals surface area contributed by atoms with Crippen molar-refractivity contribution in [2.24, 2.45) is 7.05 Å². The van der Waals surface area contributed by atoms with Gasteiger partial charge in [0.05, 0.1) is 12.1 Å². The molecule has 1 aromatic heterocycles. The highest BCUT2D eigenvalue weighted by atomic mass is 19.4. The fraction of sp³-hybridized carbons (Fsp3) is 0.478. The van der Waals surface area contributed by atoms with Gasteiger partial charge < -0.3 is 19.7 Å². The number of aryl methyl sites for hydroxylation is 1. The maximum absolute atomic E-state index is 13.2. The number of benzene rings is 1. The van der Waals surface area contributed by atoms with Gasteiger partial charge in [0.1, 0.15) is 6.54 Å². The van der Waals surface area contributed by atoms with Gasteiger partial charge in [0.2, 0.25) is 5.91 Å². The predicted molar refractivity (Wildman–Crippen MR) is 116 cm³/mol. The maximum Gasteiger partial charge on any atom is 0.416 e. The second kappa shape index (κ2) is 9.67. The highest BCUT2D eigenvalue weighted by molar-refractivity contribution is 5.92. The minimum absolute atomic E-state index is 0.0356. The van der Waals surface area contributed by atoms with Crippen LogP contribution in [0.1, 0.15) is 44.4 Å². The number of alkyl halides is 3. The van der Waals surface area contributed by atoms with E-state index in [-0.39, 0.29) is 30.2 Å². The van der Waals surface area contributed by atoms with Crippen LogP contribution in [0.15, 0.2) is 42.6 Å². The number of anilines is 1. The molecule has 1 heterocycles. The van der Waals surface area contributed by atoms with Gasteiger partial charge in [-0.05, 0) is 56.5 Å². The first-order chi connectivity index (χ1) is 15.1. The number of nitrogens with one attached hydrogen (secondary N) is 1. The predicted octanol–water partition coefficient (Wildman–Crippen LogP) is 4.87. The van der Waals surface area contributed by atoms with Crippen LogP contribution in [0.5, 0.6) is 0 Å². The Morgan fingerprint density at radius 3 is 2.50 bits per heavy atom. The highest BCUT2D eigenvalue weighted by Gasteiger charge is 2.35. The normalized spacial score (nSPS) is 14.7. The van der Waals surface area contributed by atoms with Gasteiger partial charge in [0.15, 0.2) is 0 Å². The summed E-state index contributed by atoms with van der Waals surface area (Å²) in [6.45, 7) is 4.03. The molecule has 3 amide bonds. The van der Waals surface area contributed by atoms with Crippen LogP contribution >= 0.6 is 0 Å². The van der Waals surface area contributed by atoms with Gasteiger partial charge in [-0.3, -0.25) is 4.79 Å². The Labute approximate surface area is 186 Å². The molecular formula is C23H29F3N4O2. The molecule has 2 aromatic rings.